The second-order valence-corrected chi connectivity index (χ2v) is 4.52. The fourth-order valence-electron chi connectivity index (χ4n) is 3.32. The molecule has 2 heteroatoms. The van der Waals surface area contributed by atoms with Crippen molar-refractivity contribution in [3.63, 3.8) is 0 Å². The van der Waals surface area contributed by atoms with E-state index < -0.39 is 0 Å². The van der Waals surface area contributed by atoms with E-state index >= 15 is 0 Å². The van der Waals surface area contributed by atoms with Crippen molar-refractivity contribution in [1.82, 2.24) is 0 Å². The molecule has 1 heterocycles. The summed E-state index contributed by atoms with van der Waals surface area (Å²) < 4.78 is 10.9. The van der Waals surface area contributed by atoms with Crippen molar-refractivity contribution >= 4 is 0 Å². The summed E-state index contributed by atoms with van der Waals surface area (Å²) in [5.74, 6) is 2.51. The third kappa shape index (κ3) is 0.882. The Kier molecular flexibility index (Phi) is 1.50. The molecule has 2 nitrogen and oxygen atoms in total. The van der Waals surface area contributed by atoms with E-state index in [2.05, 4.69) is 0 Å². The Bertz CT molecular complexity index is 192. The molecule has 5 atom stereocenters. The van der Waals surface area contributed by atoms with E-state index in [-0.39, 0.29) is 0 Å². The van der Waals surface area contributed by atoms with Gasteiger partial charge in [0.1, 0.15) is 0 Å². The zero-order valence-corrected chi connectivity index (χ0v) is 7.53. The molecule has 4 rings (SSSR count). The van der Waals surface area contributed by atoms with Crippen LogP contribution in [0, 0.1) is 17.8 Å². The van der Waals surface area contributed by atoms with E-state index in [1.165, 1.54) is 19.3 Å². The molecule has 12 heavy (non-hydrogen) atoms. The number of ether oxygens (including phenoxy) is 2. The minimum absolute atomic E-state index is 0.637. The van der Waals surface area contributed by atoms with Gasteiger partial charge in [-0.3, -0.25) is 0 Å². The number of hydrogen-bond acceptors (Lipinski definition) is 2. The quantitative estimate of drug-likeness (QED) is 0.582. The minimum Gasteiger partial charge on any atom is -0.384 e. The van der Waals surface area contributed by atoms with Crippen LogP contribution in [-0.2, 0) is 9.47 Å². The Morgan fingerprint density at radius 1 is 1.33 bits per heavy atom. The Morgan fingerprint density at radius 3 is 3.00 bits per heavy atom. The highest BCUT2D eigenvalue weighted by atomic mass is 16.6. The van der Waals surface area contributed by atoms with E-state index in [9.17, 15) is 0 Å². The van der Waals surface area contributed by atoms with E-state index in [0.29, 0.717) is 12.2 Å². The van der Waals surface area contributed by atoms with Crippen LogP contribution in [0.5, 0.6) is 0 Å². The molecule has 1 aliphatic heterocycles. The zero-order valence-electron chi connectivity index (χ0n) is 7.53. The molecule has 1 saturated heterocycles. The first kappa shape index (κ1) is 7.34. The molecule has 0 N–H and O–H groups in total. The molecule has 0 amide bonds. The van der Waals surface area contributed by atoms with Gasteiger partial charge in [-0.25, -0.2) is 0 Å². The lowest BCUT2D eigenvalue weighted by Gasteiger charge is -2.38. The second kappa shape index (κ2) is 2.46. The van der Waals surface area contributed by atoms with Crippen LogP contribution in [0.3, 0.4) is 0 Å². The van der Waals surface area contributed by atoms with Gasteiger partial charge < -0.3 is 9.47 Å². The van der Waals surface area contributed by atoms with Crippen LogP contribution in [-0.4, -0.2) is 25.9 Å². The Balaban J connectivity index is 1.75. The molecule has 3 aliphatic carbocycles. The fraction of sp³-hybridized carbons (Fsp3) is 1.00. The van der Waals surface area contributed by atoms with Crippen LogP contribution in [0.15, 0.2) is 0 Å². The van der Waals surface area contributed by atoms with Crippen LogP contribution in [0.25, 0.3) is 0 Å². The topological polar surface area (TPSA) is 21.8 Å². The summed E-state index contributed by atoms with van der Waals surface area (Å²) in [4.78, 5) is 0. The number of epoxide rings is 1. The molecule has 2 bridgehead atoms. The second-order valence-electron chi connectivity index (χ2n) is 4.52. The van der Waals surface area contributed by atoms with Gasteiger partial charge in [-0.1, -0.05) is 0 Å². The smallest absolute Gasteiger partial charge is 0.0876 e. The van der Waals surface area contributed by atoms with Crippen LogP contribution in [0.4, 0.5) is 0 Å². The van der Waals surface area contributed by atoms with Crippen molar-refractivity contribution < 1.29 is 9.47 Å². The third-order valence-corrected chi connectivity index (χ3v) is 3.91. The monoisotopic (exact) mass is 168 g/mol. The summed E-state index contributed by atoms with van der Waals surface area (Å²) in [6, 6.07) is 0. The van der Waals surface area contributed by atoms with Crippen LogP contribution in [0.2, 0.25) is 0 Å². The molecule has 0 unspecified atom stereocenters. The molecular formula is C10H16O2. The van der Waals surface area contributed by atoms with Crippen LogP contribution in [0.1, 0.15) is 19.3 Å². The first-order chi connectivity index (χ1) is 5.90. The van der Waals surface area contributed by atoms with Crippen molar-refractivity contribution in [1.29, 1.82) is 0 Å². The Labute approximate surface area is 73.2 Å². The lowest BCUT2D eigenvalue weighted by Crippen LogP contribution is -2.39. The molecule has 0 spiro atoms. The van der Waals surface area contributed by atoms with Crippen molar-refractivity contribution in [3.05, 3.63) is 0 Å². The molecule has 0 radical (unpaired) electrons. The maximum atomic E-state index is 5.69. The maximum absolute atomic E-state index is 5.69. The molecule has 4 fully saturated rings. The maximum Gasteiger partial charge on any atom is 0.0876 e. The fourth-order valence-corrected chi connectivity index (χ4v) is 3.32. The molecule has 0 aromatic heterocycles. The van der Waals surface area contributed by atoms with Gasteiger partial charge in [0, 0.05) is 13.7 Å². The first-order valence-electron chi connectivity index (χ1n) is 5.04. The number of rotatable bonds is 2. The lowest BCUT2D eigenvalue weighted by atomic mass is 9.65. The van der Waals surface area contributed by atoms with Gasteiger partial charge in [0.25, 0.3) is 0 Å². The highest BCUT2D eigenvalue weighted by Crippen LogP contribution is 2.55. The van der Waals surface area contributed by atoms with Gasteiger partial charge in [-0.2, -0.15) is 0 Å². The summed E-state index contributed by atoms with van der Waals surface area (Å²) in [5.41, 5.74) is 0. The van der Waals surface area contributed by atoms with Crippen LogP contribution >= 0.6 is 0 Å². The predicted molar refractivity (Wildman–Crippen MR) is 44.9 cm³/mol. The SMILES string of the molecule is COC[C@H]1C[C@H]2CC[C@@H]1[C@@H]1O[C@H]21. The van der Waals surface area contributed by atoms with E-state index in [1.54, 1.807) is 0 Å². The summed E-state index contributed by atoms with van der Waals surface area (Å²) in [6.07, 6.45) is 5.46. The van der Waals surface area contributed by atoms with Gasteiger partial charge in [0.05, 0.1) is 12.2 Å². The molecule has 4 aliphatic rings. The molecule has 3 saturated carbocycles. The van der Waals surface area contributed by atoms with Gasteiger partial charge in [-0.05, 0) is 37.0 Å². The number of fused-ring (bicyclic) bond motifs is 2. The van der Waals surface area contributed by atoms with Crippen molar-refractivity contribution in [2.45, 2.75) is 31.5 Å². The van der Waals surface area contributed by atoms with Gasteiger partial charge in [0.2, 0.25) is 0 Å². The molecule has 0 aromatic rings. The molecule has 68 valence electrons. The highest BCUT2D eigenvalue weighted by Gasteiger charge is 2.58. The molecule has 0 aromatic carbocycles. The van der Waals surface area contributed by atoms with Crippen LogP contribution < -0.4 is 0 Å². The normalized spacial score (nSPS) is 55.2. The summed E-state index contributed by atoms with van der Waals surface area (Å²) in [5, 5.41) is 0. The van der Waals surface area contributed by atoms with Gasteiger partial charge >= 0.3 is 0 Å². The Hall–Kier alpha value is -0.0800. The summed E-state index contributed by atoms with van der Waals surface area (Å²) in [7, 11) is 1.81. The van der Waals surface area contributed by atoms with E-state index in [4.69, 9.17) is 9.47 Å². The van der Waals surface area contributed by atoms with Crippen molar-refractivity contribution in [2.24, 2.45) is 17.8 Å². The van der Waals surface area contributed by atoms with E-state index in [0.717, 1.165) is 24.4 Å². The summed E-state index contributed by atoms with van der Waals surface area (Å²) in [6.45, 7) is 0.952. The summed E-state index contributed by atoms with van der Waals surface area (Å²) >= 11 is 0. The van der Waals surface area contributed by atoms with Gasteiger partial charge in [0.15, 0.2) is 0 Å². The average molecular weight is 168 g/mol. The number of hydrogen-bond donors (Lipinski definition) is 0. The molecular weight excluding hydrogens is 152 g/mol. The highest BCUT2D eigenvalue weighted by molar-refractivity contribution is 5.06. The number of methoxy groups -OCH3 is 1. The minimum atomic E-state index is 0.637. The van der Waals surface area contributed by atoms with Crippen molar-refractivity contribution in [3.8, 4) is 0 Å². The average Bonchev–Trinajstić information content (AvgIpc) is 2.85. The third-order valence-electron chi connectivity index (χ3n) is 3.91. The Morgan fingerprint density at radius 2 is 2.25 bits per heavy atom. The predicted octanol–water partition coefficient (Wildman–Crippen LogP) is 1.45. The largest absolute Gasteiger partial charge is 0.384 e. The van der Waals surface area contributed by atoms with Crippen molar-refractivity contribution in [2.75, 3.05) is 13.7 Å². The zero-order chi connectivity index (χ0) is 8.13. The van der Waals surface area contributed by atoms with Gasteiger partial charge in [-0.15, -0.1) is 0 Å². The lowest BCUT2D eigenvalue weighted by molar-refractivity contribution is 0.0522. The first-order valence-corrected chi connectivity index (χ1v) is 5.04. The standard InChI is InChI=1S/C10H16O2/c1-11-5-7-4-6-2-3-8(7)10-9(6)12-10/h6-10H,2-5H2,1H3/t6-,7-,8+,9-,10+/m1/s1. The van der Waals surface area contributed by atoms with E-state index in [1.807, 2.05) is 7.11 Å².